The maximum Gasteiger partial charge on any atom is 0.0446 e. The van der Waals surface area contributed by atoms with E-state index in [2.05, 4.69) is 25.8 Å². The van der Waals surface area contributed by atoms with Crippen molar-refractivity contribution in [2.45, 2.75) is 33.2 Å². The topological polar surface area (TPSA) is 12.4 Å². The second-order valence-corrected chi connectivity index (χ2v) is 3.97. The van der Waals surface area contributed by atoms with Gasteiger partial charge in [-0.3, -0.25) is 4.99 Å². The summed E-state index contributed by atoms with van der Waals surface area (Å²) in [6, 6.07) is 8.20. The van der Waals surface area contributed by atoms with Crippen LogP contribution in [-0.4, -0.2) is 11.8 Å². The lowest BCUT2D eigenvalue weighted by molar-refractivity contribution is 0.831. The Bertz CT molecular complexity index is 312. The van der Waals surface area contributed by atoms with E-state index in [-0.39, 0.29) is 0 Å². The fourth-order valence-corrected chi connectivity index (χ4v) is 1.45. The lowest BCUT2D eigenvalue weighted by Crippen LogP contribution is -2.03. The molecular weight excluding hydrogens is 194 g/mol. The molecule has 0 spiro atoms. The Morgan fingerprint density at radius 1 is 1.29 bits per heavy atom. The molecule has 76 valence electrons. The number of halogens is 1. The fourth-order valence-electron chi connectivity index (χ4n) is 1.32. The number of hydrogen-bond acceptors (Lipinski definition) is 1. The van der Waals surface area contributed by atoms with Crippen LogP contribution in [0.2, 0.25) is 5.02 Å². The molecule has 0 N–H and O–H groups in total. The minimum absolute atomic E-state index is 0.348. The number of nitrogens with zero attached hydrogens (tertiary/aromatic N) is 1. The molecule has 0 atom stereocenters. The summed E-state index contributed by atoms with van der Waals surface area (Å²) < 4.78 is 0. The van der Waals surface area contributed by atoms with Gasteiger partial charge in [-0.2, -0.15) is 0 Å². The van der Waals surface area contributed by atoms with Crippen molar-refractivity contribution in [2.75, 3.05) is 0 Å². The number of hydrogen-bond donors (Lipinski definition) is 0. The SMILES string of the molecule is CCC(=NC(C)C)c1ccc(Cl)cc1. The number of rotatable bonds is 3. The second-order valence-electron chi connectivity index (χ2n) is 3.53. The summed E-state index contributed by atoms with van der Waals surface area (Å²) >= 11 is 5.83. The third-order valence-electron chi connectivity index (χ3n) is 1.93. The van der Waals surface area contributed by atoms with Gasteiger partial charge in [-0.1, -0.05) is 30.7 Å². The molecule has 0 saturated heterocycles. The van der Waals surface area contributed by atoms with Gasteiger partial charge in [0.2, 0.25) is 0 Å². The van der Waals surface area contributed by atoms with Gasteiger partial charge in [0.25, 0.3) is 0 Å². The zero-order valence-electron chi connectivity index (χ0n) is 8.92. The quantitative estimate of drug-likeness (QED) is 0.669. The Balaban J connectivity index is 2.95. The second kappa shape index (κ2) is 5.16. The van der Waals surface area contributed by atoms with E-state index in [1.54, 1.807) is 0 Å². The Morgan fingerprint density at radius 2 is 1.86 bits per heavy atom. The molecule has 1 aromatic carbocycles. The first-order valence-electron chi connectivity index (χ1n) is 4.96. The third-order valence-corrected chi connectivity index (χ3v) is 2.18. The molecule has 0 aliphatic rings. The average Bonchev–Trinajstić information content (AvgIpc) is 2.15. The van der Waals surface area contributed by atoms with Gasteiger partial charge in [0.15, 0.2) is 0 Å². The molecular formula is C12H16ClN. The van der Waals surface area contributed by atoms with Gasteiger partial charge in [-0.05, 0) is 38.0 Å². The van der Waals surface area contributed by atoms with E-state index in [1.165, 1.54) is 5.56 Å². The molecule has 1 rings (SSSR count). The minimum Gasteiger partial charge on any atom is -0.286 e. The lowest BCUT2D eigenvalue weighted by Gasteiger charge is -2.06. The van der Waals surface area contributed by atoms with Crippen LogP contribution in [0.15, 0.2) is 29.3 Å². The number of aliphatic imine (C=N–C) groups is 1. The van der Waals surface area contributed by atoms with E-state index < -0.39 is 0 Å². The van der Waals surface area contributed by atoms with Crippen molar-refractivity contribution in [3.8, 4) is 0 Å². The van der Waals surface area contributed by atoms with Crippen molar-refractivity contribution in [2.24, 2.45) is 4.99 Å². The van der Waals surface area contributed by atoms with E-state index in [0.29, 0.717) is 6.04 Å². The summed E-state index contributed by atoms with van der Waals surface area (Å²) in [6.07, 6.45) is 0.958. The van der Waals surface area contributed by atoms with E-state index in [4.69, 9.17) is 11.6 Å². The van der Waals surface area contributed by atoms with Crippen LogP contribution in [0.4, 0.5) is 0 Å². The first kappa shape index (κ1) is 11.3. The van der Waals surface area contributed by atoms with Crippen LogP contribution in [0.3, 0.4) is 0 Å². The largest absolute Gasteiger partial charge is 0.286 e. The molecule has 0 aromatic heterocycles. The normalized spacial score (nSPS) is 12.2. The van der Waals surface area contributed by atoms with Crippen molar-refractivity contribution in [3.63, 3.8) is 0 Å². The standard InChI is InChI=1S/C12H16ClN/c1-4-12(14-9(2)3)10-5-7-11(13)8-6-10/h5-9H,4H2,1-3H3. The molecule has 2 heteroatoms. The molecule has 0 unspecified atom stereocenters. The van der Waals surface area contributed by atoms with Crippen molar-refractivity contribution in [3.05, 3.63) is 34.9 Å². The molecule has 0 bridgehead atoms. The molecule has 0 heterocycles. The Labute approximate surface area is 90.8 Å². The summed E-state index contributed by atoms with van der Waals surface area (Å²) in [5.41, 5.74) is 2.32. The first-order chi connectivity index (χ1) is 6.63. The predicted octanol–water partition coefficient (Wildman–Crippen LogP) is 3.95. The van der Waals surface area contributed by atoms with Crippen LogP contribution >= 0.6 is 11.6 Å². The molecule has 0 amide bonds. The van der Waals surface area contributed by atoms with Crippen molar-refractivity contribution in [1.29, 1.82) is 0 Å². The molecule has 1 aromatic rings. The minimum atomic E-state index is 0.348. The molecule has 1 nitrogen and oxygen atoms in total. The number of benzene rings is 1. The van der Waals surface area contributed by atoms with E-state index in [0.717, 1.165) is 17.2 Å². The summed E-state index contributed by atoms with van der Waals surface area (Å²) in [5, 5.41) is 0.772. The molecule has 0 saturated carbocycles. The van der Waals surface area contributed by atoms with Crippen LogP contribution in [-0.2, 0) is 0 Å². The van der Waals surface area contributed by atoms with Crippen LogP contribution in [0.1, 0.15) is 32.8 Å². The summed E-state index contributed by atoms with van der Waals surface area (Å²) in [6.45, 7) is 6.30. The monoisotopic (exact) mass is 209 g/mol. The zero-order valence-corrected chi connectivity index (χ0v) is 9.67. The van der Waals surface area contributed by atoms with Gasteiger partial charge in [0, 0.05) is 16.8 Å². The van der Waals surface area contributed by atoms with Gasteiger partial charge in [-0.15, -0.1) is 0 Å². The smallest absolute Gasteiger partial charge is 0.0446 e. The van der Waals surface area contributed by atoms with E-state index in [9.17, 15) is 0 Å². The highest BCUT2D eigenvalue weighted by Gasteiger charge is 2.01. The Morgan fingerprint density at radius 3 is 2.29 bits per heavy atom. The molecule has 14 heavy (non-hydrogen) atoms. The Hall–Kier alpha value is -0.820. The highest BCUT2D eigenvalue weighted by molar-refractivity contribution is 6.30. The highest BCUT2D eigenvalue weighted by atomic mass is 35.5. The van der Waals surface area contributed by atoms with Gasteiger partial charge in [0.05, 0.1) is 0 Å². The molecule has 0 fully saturated rings. The highest BCUT2D eigenvalue weighted by Crippen LogP contribution is 2.12. The predicted molar refractivity (Wildman–Crippen MR) is 63.4 cm³/mol. The summed E-state index contributed by atoms with van der Waals surface area (Å²) in [4.78, 5) is 4.57. The van der Waals surface area contributed by atoms with Gasteiger partial charge in [-0.25, -0.2) is 0 Å². The molecule has 0 radical (unpaired) electrons. The average molecular weight is 210 g/mol. The van der Waals surface area contributed by atoms with Crippen LogP contribution in [0.5, 0.6) is 0 Å². The maximum atomic E-state index is 5.83. The maximum absolute atomic E-state index is 5.83. The summed E-state index contributed by atoms with van der Waals surface area (Å²) in [5.74, 6) is 0. The Kier molecular flexibility index (Phi) is 4.15. The zero-order chi connectivity index (χ0) is 10.6. The van der Waals surface area contributed by atoms with Gasteiger partial charge < -0.3 is 0 Å². The van der Waals surface area contributed by atoms with Crippen LogP contribution in [0, 0.1) is 0 Å². The summed E-state index contributed by atoms with van der Waals surface area (Å²) in [7, 11) is 0. The molecule has 0 aliphatic carbocycles. The van der Waals surface area contributed by atoms with Crippen molar-refractivity contribution < 1.29 is 0 Å². The van der Waals surface area contributed by atoms with Crippen LogP contribution < -0.4 is 0 Å². The van der Waals surface area contributed by atoms with Crippen LogP contribution in [0.25, 0.3) is 0 Å². The van der Waals surface area contributed by atoms with E-state index in [1.807, 2.05) is 24.3 Å². The first-order valence-corrected chi connectivity index (χ1v) is 5.34. The van der Waals surface area contributed by atoms with Crippen molar-refractivity contribution in [1.82, 2.24) is 0 Å². The third kappa shape index (κ3) is 3.15. The van der Waals surface area contributed by atoms with Crippen molar-refractivity contribution >= 4 is 17.3 Å². The van der Waals surface area contributed by atoms with E-state index >= 15 is 0 Å². The molecule has 0 aliphatic heterocycles. The lowest BCUT2D eigenvalue weighted by atomic mass is 10.1. The van der Waals surface area contributed by atoms with Gasteiger partial charge >= 0.3 is 0 Å². The fraction of sp³-hybridized carbons (Fsp3) is 0.417. The van der Waals surface area contributed by atoms with Gasteiger partial charge in [0.1, 0.15) is 0 Å².